The fraction of sp³-hybridized carbons (Fsp3) is 0.320. The molecule has 174 valence electrons. The average molecular weight is 458 g/mol. The van der Waals surface area contributed by atoms with Crippen LogP contribution in [0.5, 0.6) is 5.75 Å². The van der Waals surface area contributed by atoms with Crippen molar-refractivity contribution >= 4 is 22.9 Å². The van der Waals surface area contributed by atoms with E-state index in [0.717, 1.165) is 23.7 Å². The van der Waals surface area contributed by atoms with Gasteiger partial charge in [0.25, 0.3) is 0 Å². The number of piperazine rings is 1. The fourth-order valence-corrected chi connectivity index (χ4v) is 4.21. The summed E-state index contributed by atoms with van der Waals surface area (Å²) in [5.74, 6) is 1.75. The molecule has 0 saturated carbocycles. The maximum atomic E-state index is 12.7. The molecule has 1 saturated heterocycles. The summed E-state index contributed by atoms with van der Waals surface area (Å²) in [5.41, 5.74) is 3.34. The molecule has 0 N–H and O–H groups in total. The van der Waals surface area contributed by atoms with Crippen molar-refractivity contribution in [3.63, 3.8) is 0 Å². The van der Waals surface area contributed by atoms with Gasteiger partial charge in [-0.25, -0.2) is 9.97 Å². The van der Waals surface area contributed by atoms with Crippen molar-refractivity contribution in [3.05, 3.63) is 66.5 Å². The van der Waals surface area contributed by atoms with Gasteiger partial charge < -0.3 is 14.5 Å². The number of fused-ring (bicyclic) bond motifs is 1. The minimum Gasteiger partial charge on any atom is -0.494 e. The Hall–Kier alpha value is -4.01. The summed E-state index contributed by atoms with van der Waals surface area (Å²) < 4.78 is 7.23. The quantitative estimate of drug-likeness (QED) is 0.422. The van der Waals surface area contributed by atoms with Gasteiger partial charge >= 0.3 is 0 Å². The van der Waals surface area contributed by atoms with Crippen LogP contribution in [-0.2, 0) is 11.2 Å². The third-order valence-electron chi connectivity index (χ3n) is 6.01. The minimum absolute atomic E-state index is 0.192. The highest BCUT2D eigenvalue weighted by atomic mass is 16.5. The summed E-state index contributed by atoms with van der Waals surface area (Å²) in [4.78, 5) is 25.7. The molecular weight excluding hydrogens is 430 g/mol. The Labute approximate surface area is 198 Å². The molecule has 0 aliphatic carbocycles. The van der Waals surface area contributed by atoms with E-state index in [4.69, 9.17) is 4.74 Å². The first-order chi connectivity index (χ1) is 16.7. The number of aromatic nitrogens is 5. The average Bonchev–Trinajstić information content (AvgIpc) is 3.33. The highest BCUT2D eigenvalue weighted by molar-refractivity contribution is 5.84. The molecule has 5 rings (SSSR count). The van der Waals surface area contributed by atoms with Gasteiger partial charge in [-0.1, -0.05) is 35.5 Å². The zero-order valence-electron chi connectivity index (χ0n) is 19.2. The lowest BCUT2D eigenvalue weighted by molar-refractivity contribution is -0.131. The van der Waals surface area contributed by atoms with Crippen LogP contribution in [0.4, 0.5) is 5.82 Å². The molecule has 3 heterocycles. The number of aryl methyl sites for hydroxylation is 1. The SMILES string of the molecule is CCOc1ccc(-n2nnc3c(N4CCN(C(=O)CCc5ccccc5)CC4)ncnc32)cc1. The van der Waals surface area contributed by atoms with E-state index < -0.39 is 0 Å². The Morgan fingerprint density at radius 3 is 2.47 bits per heavy atom. The molecule has 4 aromatic rings. The number of nitrogens with zero attached hydrogens (tertiary/aromatic N) is 7. The molecule has 0 radical (unpaired) electrons. The fourth-order valence-electron chi connectivity index (χ4n) is 4.21. The molecule has 9 heteroatoms. The van der Waals surface area contributed by atoms with Crippen LogP contribution in [0.15, 0.2) is 60.9 Å². The molecule has 0 unspecified atom stereocenters. The van der Waals surface area contributed by atoms with E-state index in [2.05, 4.69) is 37.3 Å². The highest BCUT2D eigenvalue weighted by Gasteiger charge is 2.24. The van der Waals surface area contributed by atoms with Crippen molar-refractivity contribution in [2.24, 2.45) is 0 Å². The van der Waals surface area contributed by atoms with Gasteiger partial charge in [-0.2, -0.15) is 4.68 Å². The number of amides is 1. The molecule has 0 spiro atoms. The number of rotatable bonds is 7. The van der Waals surface area contributed by atoms with Crippen molar-refractivity contribution < 1.29 is 9.53 Å². The molecule has 2 aromatic carbocycles. The summed E-state index contributed by atoms with van der Waals surface area (Å²) >= 11 is 0. The maximum absolute atomic E-state index is 12.7. The molecule has 1 fully saturated rings. The van der Waals surface area contributed by atoms with Gasteiger partial charge in [-0.15, -0.1) is 5.10 Å². The van der Waals surface area contributed by atoms with Gasteiger partial charge in [-0.3, -0.25) is 4.79 Å². The van der Waals surface area contributed by atoms with Crippen LogP contribution in [0.1, 0.15) is 18.9 Å². The molecule has 2 aromatic heterocycles. The molecule has 0 bridgehead atoms. The Morgan fingerprint density at radius 1 is 0.971 bits per heavy atom. The van der Waals surface area contributed by atoms with E-state index in [9.17, 15) is 4.79 Å². The van der Waals surface area contributed by atoms with Gasteiger partial charge in [-0.05, 0) is 43.2 Å². The molecular formula is C25H27N7O2. The van der Waals surface area contributed by atoms with Crippen LogP contribution >= 0.6 is 0 Å². The molecule has 1 aliphatic heterocycles. The summed E-state index contributed by atoms with van der Waals surface area (Å²) in [6.07, 6.45) is 2.84. The predicted octanol–water partition coefficient (Wildman–Crippen LogP) is 2.89. The largest absolute Gasteiger partial charge is 0.494 e. The van der Waals surface area contributed by atoms with E-state index in [1.807, 2.05) is 54.3 Å². The Morgan fingerprint density at radius 2 is 1.74 bits per heavy atom. The van der Waals surface area contributed by atoms with Crippen LogP contribution < -0.4 is 9.64 Å². The Balaban J connectivity index is 1.26. The van der Waals surface area contributed by atoms with Gasteiger partial charge in [0.1, 0.15) is 12.1 Å². The van der Waals surface area contributed by atoms with Crippen LogP contribution in [0, 0.1) is 0 Å². The summed E-state index contributed by atoms with van der Waals surface area (Å²) in [6.45, 7) is 5.28. The number of benzene rings is 2. The molecule has 1 amide bonds. The second-order valence-corrected chi connectivity index (χ2v) is 8.15. The summed E-state index contributed by atoms with van der Waals surface area (Å²) in [7, 11) is 0. The lowest BCUT2D eigenvalue weighted by atomic mass is 10.1. The van der Waals surface area contributed by atoms with Crippen molar-refractivity contribution in [1.82, 2.24) is 29.9 Å². The maximum Gasteiger partial charge on any atom is 0.223 e. The van der Waals surface area contributed by atoms with Gasteiger partial charge in [0.15, 0.2) is 17.0 Å². The second kappa shape index (κ2) is 9.86. The first-order valence-corrected chi connectivity index (χ1v) is 11.6. The highest BCUT2D eigenvalue weighted by Crippen LogP contribution is 2.24. The first kappa shape index (κ1) is 21.8. The van der Waals surface area contributed by atoms with Gasteiger partial charge in [0.2, 0.25) is 5.91 Å². The lowest BCUT2D eigenvalue weighted by Gasteiger charge is -2.35. The van der Waals surface area contributed by atoms with Crippen LogP contribution in [0.3, 0.4) is 0 Å². The van der Waals surface area contributed by atoms with Crippen molar-refractivity contribution in [1.29, 1.82) is 0 Å². The summed E-state index contributed by atoms with van der Waals surface area (Å²) in [5, 5.41) is 8.71. The van der Waals surface area contributed by atoms with Crippen molar-refractivity contribution in [2.75, 3.05) is 37.7 Å². The number of anilines is 1. The van der Waals surface area contributed by atoms with Crippen molar-refractivity contribution in [3.8, 4) is 11.4 Å². The third-order valence-corrected chi connectivity index (χ3v) is 6.01. The van der Waals surface area contributed by atoms with E-state index in [1.165, 1.54) is 5.56 Å². The standard InChI is InChI=1S/C25H27N7O2/c1-2-34-21-11-9-20(10-12-21)32-25-23(28-29-32)24(26-18-27-25)31-16-14-30(15-17-31)22(33)13-8-19-6-4-3-5-7-19/h3-7,9-12,18H,2,8,13-17H2,1H3. The molecule has 1 aliphatic rings. The summed E-state index contributed by atoms with van der Waals surface area (Å²) in [6, 6.07) is 17.8. The number of carbonyl (C=O) groups excluding carboxylic acids is 1. The number of hydrogen-bond acceptors (Lipinski definition) is 7. The number of carbonyl (C=O) groups is 1. The molecule has 34 heavy (non-hydrogen) atoms. The normalized spacial score (nSPS) is 13.9. The van der Waals surface area contributed by atoms with Gasteiger partial charge in [0.05, 0.1) is 12.3 Å². The van der Waals surface area contributed by atoms with E-state index in [-0.39, 0.29) is 5.91 Å². The second-order valence-electron chi connectivity index (χ2n) is 8.15. The van der Waals surface area contributed by atoms with E-state index in [0.29, 0.717) is 50.4 Å². The zero-order chi connectivity index (χ0) is 23.3. The molecule has 0 atom stereocenters. The van der Waals surface area contributed by atoms with Crippen molar-refractivity contribution in [2.45, 2.75) is 19.8 Å². The van der Waals surface area contributed by atoms with Crippen LogP contribution in [-0.4, -0.2) is 68.6 Å². The zero-order valence-corrected chi connectivity index (χ0v) is 19.2. The van der Waals surface area contributed by atoms with E-state index in [1.54, 1.807) is 11.0 Å². The van der Waals surface area contributed by atoms with Crippen LogP contribution in [0.2, 0.25) is 0 Å². The van der Waals surface area contributed by atoms with Crippen LogP contribution in [0.25, 0.3) is 16.9 Å². The van der Waals surface area contributed by atoms with E-state index >= 15 is 0 Å². The third kappa shape index (κ3) is 4.54. The molecule has 9 nitrogen and oxygen atoms in total. The minimum atomic E-state index is 0.192. The lowest BCUT2D eigenvalue weighted by Crippen LogP contribution is -2.49. The predicted molar refractivity (Wildman–Crippen MR) is 129 cm³/mol. The number of ether oxygens (including phenoxy) is 1. The topological polar surface area (TPSA) is 89.3 Å². The Bertz CT molecular complexity index is 1250. The first-order valence-electron chi connectivity index (χ1n) is 11.6. The van der Waals surface area contributed by atoms with Gasteiger partial charge in [0, 0.05) is 32.6 Å². The number of hydrogen-bond donors (Lipinski definition) is 0. The smallest absolute Gasteiger partial charge is 0.223 e. The Kier molecular flexibility index (Phi) is 6.33. The monoisotopic (exact) mass is 457 g/mol.